The average Bonchev–Trinajstić information content (AvgIpc) is 3.44. The van der Waals surface area contributed by atoms with E-state index in [1.54, 1.807) is 0 Å². The van der Waals surface area contributed by atoms with Gasteiger partial charge in [-0.05, 0) is 54.8 Å². The van der Waals surface area contributed by atoms with Crippen LogP contribution in [0.5, 0.6) is 23.0 Å². The summed E-state index contributed by atoms with van der Waals surface area (Å²) in [5.74, 6) is -1.72. The molecule has 3 aliphatic heterocycles. The van der Waals surface area contributed by atoms with E-state index in [1.807, 2.05) is 0 Å². The second-order valence-electron chi connectivity index (χ2n) is 13.1. The molecule has 19 nitrogen and oxygen atoms in total. The zero-order chi connectivity index (χ0) is 39.3. The van der Waals surface area contributed by atoms with E-state index in [4.69, 9.17) is 37.9 Å². The first-order valence-electron chi connectivity index (χ1n) is 17.0. The van der Waals surface area contributed by atoms with Crippen molar-refractivity contribution in [2.75, 3.05) is 33.5 Å². The molecule has 0 aliphatic carbocycles. The lowest BCUT2D eigenvalue weighted by Crippen LogP contribution is -2.65. The quantitative estimate of drug-likeness (QED) is 0.0552. The summed E-state index contributed by atoms with van der Waals surface area (Å²) in [5, 5.41) is 103. The Morgan fingerprint density at radius 3 is 2.30 bits per heavy atom. The van der Waals surface area contributed by atoms with Crippen LogP contribution >= 0.6 is 0 Å². The molecule has 3 heterocycles. The third kappa shape index (κ3) is 9.40. The van der Waals surface area contributed by atoms with Gasteiger partial charge in [0.2, 0.25) is 0 Å². The van der Waals surface area contributed by atoms with Crippen LogP contribution in [0.2, 0.25) is 0 Å². The van der Waals surface area contributed by atoms with Gasteiger partial charge in [-0.3, -0.25) is 0 Å². The van der Waals surface area contributed by atoms with Gasteiger partial charge in [-0.2, -0.15) is 0 Å². The van der Waals surface area contributed by atoms with Crippen LogP contribution in [0, 0.1) is 0 Å². The Morgan fingerprint density at radius 1 is 0.870 bits per heavy atom. The van der Waals surface area contributed by atoms with E-state index < -0.39 is 105 Å². The van der Waals surface area contributed by atoms with Gasteiger partial charge >= 0.3 is 5.97 Å². The number of hydrogen-bond acceptors (Lipinski definition) is 19. The molecule has 19 heteroatoms. The fraction of sp³-hybridized carbons (Fsp3) is 0.571. The van der Waals surface area contributed by atoms with Crippen LogP contribution in [0.4, 0.5) is 0 Å². The molecule has 54 heavy (non-hydrogen) atoms. The highest BCUT2D eigenvalue weighted by Crippen LogP contribution is 2.34. The number of methoxy groups -OCH3 is 1. The molecule has 2 aromatic carbocycles. The topological polar surface area (TPSA) is 293 Å². The Balaban J connectivity index is 1.42. The number of aliphatic hydroxyl groups is 7. The molecule has 0 bridgehead atoms. The van der Waals surface area contributed by atoms with Gasteiger partial charge in [0.05, 0.1) is 39.6 Å². The molecule has 0 radical (unpaired) electrons. The van der Waals surface area contributed by atoms with Gasteiger partial charge in [0.1, 0.15) is 48.3 Å². The Labute approximate surface area is 308 Å². The largest absolute Gasteiger partial charge is 0.504 e. The second-order valence-corrected chi connectivity index (χ2v) is 13.1. The highest BCUT2D eigenvalue weighted by molar-refractivity contribution is 5.87. The van der Waals surface area contributed by atoms with Crippen LogP contribution < -0.4 is 4.74 Å². The molecule has 13 atom stereocenters. The van der Waals surface area contributed by atoms with Crippen LogP contribution in [0.1, 0.15) is 18.1 Å². The SMILES string of the molecule is COc1cc(/C=C/C(=O)O[C@H]2[C@H](O[C@@H]3O[C@@H](C)[C@H](O)[C@@H](O)[C@@H]3O)[C@@H](O)[C@H](OCCc3ccc(O)c(O)c3)O[C@@H]2CO[C@@H]2OC[C@](O)(CO)[C@H]2O)ccc1O. The zero-order valence-electron chi connectivity index (χ0n) is 29.2. The summed E-state index contributed by atoms with van der Waals surface area (Å²) in [6, 6.07) is 8.39. The minimum absolute atomic E-state index is 0.130. The van der Waals surface area contributed by atoms with Gasteiger partial charge < -0.3 is 89.0 Å². The van der Waals surface area contributed by atoms with E-state index in [0.29, 0.717) is 11.1 Å². The summed E-state index contributed by atoms with van der Waals surface area (Å²) in [4.78, 5) is 13.3. The molecular weight excluding hydrogens is 724 g/mol. The molecule has 0 spiro atoms. The van der Waals surface area contributed by atoms with Crippen LogP contribution in [0.3, 0.4) is 0 Å². The number of aliphatic hydroxyl groups excluding tert-OH is 6. The predicted octanol–water partition coefficient (Wildman–Crippen LogP) is -2.25. The highest BCUT2D eigenvalue weighted by atomic mass is 16.8. The lowest BCUT2D eigenvalue weighted by atomic mass is 9.96. The van der Waals surface area contributed by atoms with Gasteiger partial charge in [-0.15, -0.1) is 0 Å². The summed E-state index contributed by atoms with van der Waals surface area (Å²) < 4.78 is 45.4. The molecule has 3 saturated heterocycles. The van der Waals surface area contributed by atoms with E-state index in [-0.39, 0.29) is 36.0 Å². The molecule has 300 valence electrons. The minimum atomic E-state index is -2.04. The first kappa shape index (κ1) is 41.5. The maximum Gasteiger partial charge on any atom is 0.331 e. The number of benzene rings is 2. The van der Waals surface area contributed by atoms with E-state index >= 15 is 0 Å². The van der Waals surface area contributed by atoms with E-state index in [0.717, 1.165) is 6.08 Å². The summed E-state index contributed by atoms with van der Waals surface area (Å²) in [5.41, 5.74) is -1.08. The van der Waals surface area contributed by atoms with Gasteiger partial charge in [-0.1, -0.05) is 12.1 Å². The van der Waals surface area contributed by atoms with Crippen LogP contribution in [-0.2, 0) is 44.4 Å². The summed E-state index contributed by atoms with van der Waals surface area (Å²) in [6.45, 7) is -0.662. The van der Waals surface area contributed by atoms with Crippen molar-refractivity contribution in [3.8, 4) is 23.0 Å². The highest BCUT2D eigenvalue weighted by Gasteiger charge is 2.54. The van der Waals surface area contributed by atoms with Crippen molar-refractivity contribution in [2.45, 2.75) is 92.8 Å². The van der Waals surface area contributed by atoms with Crippen molar-refractivity contribution in [3.05, 3.63) is 53.6 Å². The van der Waals surface area contributed by atoms with Crippen LogP contribution in [-0.4, -0.2) is 170 Å². The number of ether oxygens (including phenoxy) is 8. The van der Waals surface area contributed by atoms with Crippen LogP contribution in [0.15, 0.2) is 42.5 Å². The van der Waals surface area contributed by atoms with E-state index in [1.165, 1.54) is 56.5 Å². The molecule has 2 aromatic rings. The number of phenols is 3. The molecule has 3 aliphatic rings. The number of phenolic OH excluding ortho intramolecular Hbond substituents is 3. The first-order valence-corrected chi connectivity index (χ1v) is 17.0. The van der Waals surface area contributed by atoms with Crippen molar-refractivity contribution >= 4 is 12.0 Å². The number of aromatic hydroxyl groups is 3. The number of carbonyl (C=O) groups is 1. The predicted molar refractivity (Wildman–Crippen MR) is 179 cm³/mol. The number of esters is 1. The monoisotopic (exact) mass is 770 g/mol. The normalized spacial score (nSPS) is 35.6. The standard InChI is InChI=1S/C35H46O19/c1-16-25(41)26(42)27(43)33(51-16)54-30-28(44)32(48-10-9-18-3-6-19(37)21(39)11-18)52-23(13-49-34-31(45)35(46,14-36)15-50-34)29(30)53-24(40)8-5-17-4-7-20(38)22(12-17)47-2/h3-8,11-12,16,23,25-34,36-39,41-46H,9-10,13-15H2,1-2H3/b8-5+/t16-,23+,25-,26+,27-,28+,29+,30+,31-,32+,33-,34+,35+/m0/s1. The van der Waals surface area contributed by atoms with Crippen molar-refractivity contribution in [1.29, 1.82) is 0 Å². The van der Waals surface area contributed by atoms with Gasteiger partial charge in [0.15, 0.2) is 48.0 Å². The smallest absolute Gasteiger partial charge is 0.331 e. The number of rotatable bonds is 14. The zero-order valence-corrected chi connectivity index (χ0v) is 29.2. The molecular formula is C35H46O19. The fourth-order valence-electron chi connectivity index (χ4n) is 6.02. The molecule has 3 fully saturated rings. The Kier molecular flexibility index (Phi) is 13.7. The second kappa shape index (κ2) is 17.9. The summed E-state index contributed by atoms with van der Waals surface area (Å²) >= 11 is 0. The molecule has 0 aromatic heterocycles. The Bertz CT molecular complexity index is 1590. The van der Waals surface area contributed by atoms with Gasteiger partial charge in [0.25, 0.3) is 0 Å². The van der Waals surface area contributed by atoms with E-state index in [2.05, 4.69) is 0 Å². The molecule has 10 N–H and O–H groups in total. The van der Waals surface area contributed by atoms with Crippen molar-refractivity contribution in [2.24, 2.45) is 0 Å². The first-order chi connectivity index (χ1) is 25.6. The fourth-order valence-corrected chi connectivity index (χ4v) is 6.02. The Morgan fingerprint density at radius 2 is 1.61 bits per heavy atom. The maximum absolute atomic E-state index is 13.3. The lowest BCUT2D eigenvalue weighted by Gasteiger charge is -2.46. The summed E-state index contributed by atoms with van der Waals surface area (Å²) in [6.07, 6.45) is -16.6. The molecule has 5 rings (SSSR count). The Hall–Kier alpha value is -3.67. The van der Waals surface area contributed by atoms with Crippen molar-refractivity contribution in [3.63, 3.8) is 0 Å². The lowest BCUT2D eigenvalue weighted by molar-refractivity contribution is -0.360. The van der Waals surface area contributed by atoms with Gasteiger partial charge in [0, 0.05) is 6.08 Å². The third-order valence-corrected chi connectivity index (χ3v) is 9.30. The number of hydrogen-bond donors (Lipinski definition) is 10. The molecule has 0 unspecified atom stereocenters. The van der Waals surface area contributed by atoms with Gasteiger partial charge in [-0.25, -0.2) is 4.79 Å². The van der Waals surface area contributed by atoms with Crippen molar-refractivity contribution in [1.82, 2.24) is 0 Å². The van der Waals surface area contributed by atoms with Crippen LogP contribution in [0.25, 0.3) is 6.08 Å². The number of carbonyl (C=O) groups excluding carboxylic acids is 1. The maximum atomic E-state index is 13.3. The summed E-state index contributed by atoms with van der Waals surface area (Å²) in [7, 11) is 1.34. The van der Waals surface area contributed by atoms with Crippen molar-refractivity contribution < 1.29 is 93.8 Å². The minimum Gasteiger partial charge on any atom is -0.504 e. The third-order valence-electron chi connectivity index (χ3n) is 9.30. The van der Waals surface area contributed by atoms with E-state index in [9.17, 15) is 55.9 Å². The average molecular weight is 771 g/mol. The molecule has 0 saturated carbocycles. The molecule has 0 amide bonds.